The topological polar surface area (TPSA) is 112 Å². The van der Waals surface area contributed by atoms with Crippen LogP contribution < -0.4 is 0 Å². The van der Waals surface area contributed by atoms with Gasteiger partial charge in [0.15, 0.2) is 8.03 Å². The van der Waals surface area contributed by atoms with E-state index in [1.54, 1.807) is 12.1 Å². The summed E-state index contributed by atoms with van der Waals surface area (Å²) in [5.41, 5.74) is 0.835. The van der Waals surface area contributed by atoms with Gasteiger partial charge < -0.3 is 15.1 Å². The van der Waals surface area contributed by atoms with Crippen LogP contribution in [0.3, 0.4) is 0 Å². The molecule has 116 valence electrons. The molecule has 0 saturated heterocycles. The third-order valence-electron chi connectivity index (χ3n) is 3.37. The Morgan fingerprint density at radius 1 is 1.19 bits per heavy atom. The maximum absolute atomic E-state index is 11.5. The lowest BCUT2D eigenvalue weighted by Gasteiger charge is -2.21. The van der Waals surface area contributed by atoms with Crippen molar-refractivity contribution < 1.29 is 29.3 Å². The molecule has 0 heterocycles. The van der Waals surface area contributed by atoms with Crippen LogP contribution in [0, 0.1) is 12.8 Å². The van der Waals surface area contributed by atoms with Crippen LogP contribution >= 0.6 is 8.03 Å². The van der Waals surface area contributed by atoms with Gasteiger partial charge >= 0.3 is 11.9 Å². The molecule has 7 heteroatoms. The number of carbonyl (C=O) groups is 2. The van der Waals surface area contributed by atoms with Crippen LogP contribution in [0.25, 0.3) is 0 Å². The highest BCUT2D eigenvalue weighted by Gasteiger charge is 2.32. The molecule has 1 rings (SSSR count). The average molecular weight is 314 g/mol. The molecule has 3 atom stereocenters. The molecule has 0 fully saturated rings. The number of aliphatic carboxylic acids is 2. The Kier molecular flexibility index (Phi) is 6.59. The molecule has 21 heavy (non-hydrogen) atoms. The normalized spacial score (nSPS) is 15.1. The van der Waals surface area contributed by atoms with Gasteiger partial charge in [-0.05, 0) is 25.3 Å². The van der Waals surface area contributed by atoms with Crippen LogP contribution in [0.15, 0.2) is 24.3 Å². The molecule has 0 aromatic heterocycles. The molecule has 3 unspecified atom stereocenters. The number of benzene rings is 1. The highest BCUT2D eigenvalue weighted by atomic mass is 31.1. The second-order valence-electron chi connectivity index (χ2n) is 5.01. The van der Waals surface area contributed by atoms with Gasteiger partial charge in [0.1, 0.15) is 0 Å². The van der Waals surface area contributed by atoms with Gasteiger partial charge in [-0.1, -0.05) is 29.8 Å². The maximum Gasteiger partial charge on any atom is 0.307 e. The van der Waals surface area contributed by atoms with E-state index in [9.17, 15) is 24.2 Å². The summed E-state index contributed by atoms with van der Waals surface area (Å²) in [4.78, 5) is 31.3. The summed E-state index contributed by atoms with van der Waals surface area (Å²) in [6, 6.07) is 7.24. The molecule has 0 spiro atoms. The molecule has 0 bridgehead atoms. The Balaban J connectivity index is 2.91. The van der Waals surface area contributed by atoms with E-state index in [0.717, 1.165) is 11.1 Å². The van der Waals surface area contributed by atoms with Crippen LogP contribution in [-0.4, -0.2) is 32.7 Å². The first-order chi connectivity index (χ1) is 9.81. The van der Waals surface area contributed by atoms with Gasteiger partial charge in [0.2, 0.25) is 0 Å². The summed E-state index contributed by atoms with van der Waals surface area (Å²) in [6.07, 6.45) is -0.347. The fourth-order valence-corrected chi connectivity index (χ4v) is 3.22. The molecule has 6 nitrogen and oxygen atoms in total. The molecular weight excluding hydrogens is 295 g/mol. The fourth-order valence-electron chi connectivity index (χ4n) is 2.16. The Hall–Kier alpha value is -1.65. The zero-order valence-corrected chi connectivity index (χ0v) is 12.7. The highest BCUT2D eigenvalue weighted by Crippen LogP contribution is 2.34. The second-order valence-corrected chi connectivity index (χ2v) is 6.43. The van der Waals surface area contributed by atoms with Gasteiger partial charge in [-0.25, -0.2) is 0 Å². The largest absolute Gasteiger partial charge is 0.481 e. The maximum atomic E-state index is 11.5. The number of carboxylic acid groups (broad SMARTS) is 2. The number of carboxylic acids is 2. The number of aryl methyl sites for hydroxylation is 1. The molecule has 0 saturated carbocycles. The Morgan fingerprint density at radius 2 is 1.76 bits per heavy atom. The third-order valence-corrected chi connectivity index (χ3v) is 4.61. The van der Waals surface area contributed by atoms with Crippen molar-refractivity contribution in [3.05, 3.63) is 35.4 Å². The van der Waals surface area contributed by atoms with E-state index in [4.69, 9.17) is 5.11 Å². The summed E-state index contributed by atoms with van der Waals surface area (Å²) in [7, 11) is -3.09. The summed E-state index contributed by atoms with van der Waals surface area (Å²) < 4.78 is 11.5. The minimum atomic E-state index is -3.09. The van der Waals surface area contributed by atoms with Crippen molar-refractivity contribution in [2.24, 2.45) is 5.92 Å². The van der Waals surface area contributed by atoms with Gasteiger partial charge in [-0.3, -0.25) is 14.2 Å². The van der Waals surface area contributed by atoms with Crippen molar-refractivity contribution in [3.63, 3.8) is 0 Å². The molecular formula is C14H19O6P. The van der Waals surface area contributed by atoms with Crippen LogP contribution in [0.5, 0.6) is 0 Å². The van der Waals surface area contributed by atoms with Crippen molar-refractivity contribution in [2.45, 2.75) is 31.8 Å². The van der Waals surface area contributed by atoms with Crippen molar-refractivity contribution >= 4 is 20.0 Å². The van der Waals surface area contributed by atoms with Gasteiger partial charge in [0.25, 0.3) is 0 Å². The first-order valence-electron chi connectivity index (χ1n) is 6.54. The number of rotatable bonds is 8. The molecule has 1 aromatic carbocycles. The van der Waals surface area contributed by atoms with Gasteiger partial charge in [-0.2, -0.15) is 0 Å². The van der Waals surface area contributed by atoms with E-state index < -0.39 is 31.5 Å². The first kappa shape index (κ1) is 17.4. The van der Waals surface area contributed by atoms with E-state index in [2.05, 4.69) is 0 Å². The minimum absolute atomic E-state index is 0.144. The zero-order valence-electron chi connectivity index (χ0n) is 11.7. The predicted octanol–water partition coefficient (Wildman–Crippen LogP) is 1.94. The summed E-state index contributed by atoms with van der Waals surface area (Å²) in [5.74, 6) is -3.49. The van der Waals surface area contributed by atoms with Crippen LogP contribution in [0.4, 0.5) is 0 Å². The van der Waals surface area contributed by atoms with E-state index in [1.165, 1.54) is 0 Å². The quantitative estimate of drug-likeness (QED) is 0.632. The van der Waals surface area contributed by atoms with Crippen LogP contribution in [0.1, 0.15) is 24.0 Å². The molecule has 0 radical (unpaired) electrons. The number of hydrogen-bond donors (Lipinski definition) is 3. The standard InChI is InChI=1S/C14H19O6P/c1-9-2-4-10(5-3-9)8-12(21(19)20)11(14(17)18)6-7-13(15)16/h2-5,11-12,21H,6-8H2,1H3,(H,15,16)(H,17,18)(H,19,20). The van der Waals surface area contributed by atoms with E-state index in [1.807, 2.05) is 19.1 Å². The highest BCUT2D eigenvalue weighted by molar-refractivity contribution is 7.39. The lowest BCUT2D eigenvalue weighted by molar-refractivity contribution is -0.143. The monoisotopic (exact) mass is 314 g/mol. The van der Waals surface area contributed by atoms with Crippen molar-refractivity contribution in [1.82, 2.24) is 0 Å². The smallest absolute Gasteiger partial charge is 0.307 e. The van der Waals surface area contributed by atoms with Crippen LogP contribution in [0.2, 0.25) is 0 Å². The summed E-state index contributed by atoms with van der Waals surface area (Å²) in [6.45, 7) is 1.91. The lowest BCUT2D eigenvalue weighted by Crippen LogP contribution is -2.28. The van der Waals surface area contributed by atoms with E-state index in [0.29, 0.717) is 0 Å². The summed E-state index contributed by atoms with van der Waals surface area (Å²) >= 11 is 0. The van der Waals surface area contributed by atoms with Gasteiger partial charge in [0, 0.05) is 6.42 Å². The zero-order chi connectivity index (χ0) is 16.0. The van der Waals surface area contributed by atoms with E-state index >= 15 is 0 Å². The molecule has 0 aliphatic carbocycles. The van der Waals surface area contributed by atoms with Crippen molar-refractivity contribution in [2.75, 3.05) is 0 Å². The molecule has 0 aliphatic rings. The molecule has 3 N–H and O–H groups in total. The Labute approximate surface area is 123 Å². The SMILES string of the molecule is Cc1ccc(CC(C(CCC(=O)O)C(=O)O)[PH](=O)O)cc1. The fraction of sp³-hybridized carbons (Fsp3) is 0.429. The van der Waals surface area contributed by atoms with Crippen molar-refractivity contribution in [3.8, 4) is 0 Å². The van der Waals surface area contributed by atoms with Crippen LogP contribution in [-0.2, 0) is 20.6 Å². The third kappa shape index (κ3) is 5.69. The van der Waals surface area contributed by atoms with Gasteiger partial charge in [0.05, 0.1) is 11.6 Å². The second kappa shape index (κ2) is 7.96. The minimum Gasteiger partial charge on any atom is -0.481 e. The predicted molar refractivity (Wildman–Crippen MR) is 77.9 cm³/mol. The molecule has 0 amide bonds. The lowest BCUT2D eigenvalue weighted by atomic mass is 9.94. The Morgan fingerprint density at radius 3 is 2.19 bits per heavy atom. The molecule has 1 aromatic rings. The van der Waals surface area contributed by atoms with Crippen molar-refractivity contribution in [1.29, 1.82) is 0 Å². The Bertz CT molecular complexity index is 525. The van der Waals surface area contributed by atoms with Gasteiger partial charge in [-0.15, -0.1) is 0 Å². The average Bonchev–Trinajstić information content (AvgIpc) is 2.39. The van der Waals surface area contributed by atoms with E-state index in [-0.39, 0.29) is 19.3 Å². The summed E-state index contributed by atoms with van der Waals surface area (Å²) in [5, 5.41) is 17.9. The number of hydrogen-bond acceptors (Lipinski definition) is 3. The molecule has 0 aliphatic heterocycles. The first-order valence-corrected chi connectivity index (χ1v) is 7.97.